The van der Waals surface area contributed by atoms with Gasteiger partial charge in [0.15, 0.2) is 11.5 Å². The summed E-state index contributed by atoms with van der Waals surface area (Å²) in [5.41, 5.74) is 1.86. The van der Waals surface area contributed by atoms with E-state index in [1.807, 2.05) is 30.5 Å². The molecule has 8 heteroatoms. The van der Waals surface area contributed by atoms with Crippen molar-refractivity contribution in [1.29, 1.82) is 0 Å². The maximum Gasteiger partial charge on any atom is 0.322 e. The zero-order chi connectivity index (χ0) is 22.0. The summed E-state index contributed by atoms with van der Waals surface area (Å²) in [6.07, 6.45) is 1.98. The van der Waals surface area contributed by atoms with Crippen LogP contribution in [0.15, 0.2) is 54.7 Å². The number of benzene rings is 2. The summed E-state index contributed by atoms with van der Waals surface area (Å²) in [6.45, 7) is 1.08. The van der Waals surface area contributed by atoms with Gasteiger partial charge < -0.3 is 29.0 Å². The average molecular weight is 425 g/mol. The number of aromatic nitrogens is 1. The molecule has 1 aliphatic rings. The minimum absolute atomic E-state index is 0.136. The number of anilines is 1. The molecule has 31 heavy (non-hydrogen) atoms. The highest BCUT2D eigenvalue weighted by atomic mass is 19.1. The Balaban J connectivity index is 1.77. The molecule has 2 heterocycles. The minimum atomic E-state index is -0.486. The molecule has 0 fully saturated rings. The van der Waals surface area contributed by atoms with E-state index in [0.717, 1.165) is 11.3 Å². The molecule has 2 amide bonds. The summed E-state index contributed by atoms with van der Waals surface area (Å²) in [6, 6.07) is 12.9. The van der Waals surface area contributed by atoms with Gasteiger partial charge in [0.2, 0.25) is 5.75 Å². The topological polar surface area (TPSA) is 65.0 Å². The first-order valence-corrected chi connectivity index (χ1v) is 9.84. The van der Waals surface area contributed by atoms with Gasteiger partial charge in [0.1, 0.15) is 5.82 Å². The van der Waals surface area contributed by atoms with E-state index in [0.29, 0.717) is 30.3 Å². The Morgan fingerprint density at radius 2 is 1.71 bits per heavy atom. The van der Waals surface area contributed by atoms with Crippen LogP contribution in [0.3, 0.4) is 0 Å². The molecule has 2 aromatic carbocycles. The highest BCUT2D eigenvalue weighted by molar-refractivity contribution is 5.90. The van der Waals surface area contributed by atoms with Crippen LogP contribution >= 0.6 is 0 Å². The molecule has 0 bridgehead atoms. The first kappa shape index (κ1) is 20.6. The van der Waals surface area contributed by atoms with Crippen molar-refractivity contribution in [3.8, 4) is 17.2 Å². The van der Waals surface area contributed by atoms with Gasteiger partial charge in [-0.25, -0.2) is 9.18 Å². The summed E-state index contributed by atoms with van der Waals surface area (Å²) in [4.78, 5) is 14.9. The molecular formula is C23H24FN3O4. The Morgan fingerprint density at radius 1 is 1.00 bits per heavy atom. The molecule has 1 aromatic heterocycles. The van der Waals surface area contributed by atoms with E-state index in [1.54, 1.807) is 38.4 Å². The fourth-order valence-corrected chi connectivity index (χ4v) is 3.96. The number of urea groups is 1. The van der Waals surface area contributed by atoms with Crippen LogP contribution in [0.4, 0.5) is 14.9 Å². The van der Waals surface area contributed by atoms with Crippen LogP contribution in [0.25, 0.3) is 0 Å². The first-order valence-electron chi connectivity index (χ1n) is 9.84. The molecule has 0 aliphatic carbocycles. The van der Waals surface area contributed by atoms with Crippen LogP contribution in [0.1, 0.15) is 17.3 Å². The lowest BCUT2D eigenvalue weighted by Crippen LogP contribution is -2.44. The second-order valence-corrected chi connectivity index (χ2v) is 7.09. The van der Waals surface area contributed by atoms with E-state index in [4.69, 9.17) is 14.2 Å². The molecule has 162 valence electrons. The lowest BCUT2D eigenvalue weighted by molar-refractivity contribution is 0.181. The molecular weight excluding hydrogens is 401 g/mol. The normalized spacial score (nSPS) is 15.2. The first-order chi connectivity index (χ1) is 15.1. The van der Waals surface area contributed by atoms with Crippen molar-refractivity contribution in [1.82, 2.24) is 9.47 Å². The minimum Gasteiger partial charge on any atom is -0.493 e. The second kappa shape index (κ2) is 8.59. The van der Waals surface area contributed by atoms with Crippen molar-refractivity contribution in [3.63, 3.8) is 0 Å². The number of ether oxygens (including phenoxy) is 3. The van der Waals surface area contributed by atoms with Crippen molar-refractivity contribution in [2.75, 3.05) is 33.2 Å². The predicted molar refractivity (Wildman–Crippen MR) is 114 cm³/mol. The molecule has 0 spiro atoms. The summed E-state index contributed by atoms with van der Waals surface area (Å²) < 4.78 is 32.7. The van der Waals surface area contributed by atoms with E-state index < -0.39 is 17.9 Å². The molecule has 3 aromatic rings. The Labute approximate surface area is 179 Å². The quantitative estimate of drug-likeness (QED) is 0.662. The lowest BCUT2D eigenvalue weighted by Gasteiger charge is -2.37. The van der Waals surface area contributed by atoms with Gasteiger partial charge in [0, 0.05) is 25.0 Å². The number of methoxy groups -OCH3 is 3. The number of rotatable bonds is 5. The number of amides is 2. The number of carbonyl (C=O) groups is 1. The van der Waals surface area contributed by atoms with Gasteiger partial charge in [-0.1, -0.05) is 12.1 Å². The van der Waals surface area contributed by atoms with Crippen molar-refractivity contribution in [2.45, 2.75) is 12.6 Å². The zero-order valence-corrected chi connectivity index (χ0v) is 17.6. The van der Waals surface area contributed by atoms with E-state index in [1.165, 1.54) is 12.1 Å². The summed E-state index contributed by atoms with van der Waals surface area (Å²) in [7, 11) is 4.64. The number of halogens is 1. The number of hydrogen-bond acceptors (Lipinski definition) is 4. The van der Waals surface area contributed by atoms with Gasteiger partial charge in [-0.05, 0) is 42.0 Å². The van der Waals surface area contributed by atoms with E-state index in [9.17, 15) is 9.18 Å². The summed E-state index contributed by atoms with van der Waals surface area (Å²) >= 11 is 0. The molecule has 1 atom stereocenters. The van der Waals surface area contributed by atoms with Crippen molar-refractivity contribution < 1.29 is 23.4 Å². The number of nitrogens with zero attached hydrogens (tertiary/aromatic N) is 2. The van der Waals surface area contributed by atoms with Crippen molar-refractivity contribution >= 4 is 11.7 Å². The number of nitrogens with one attached hydrogen (secondary N) is 1. The lowest BCUT2D eigenvalue weighted by atomic mass is 9.99. The zero-order valence-electron chi connectivity index (χ0n) is 17.6. The smallest absolute Gasteiger partial charge is 0.322 e. The largest absolute Gasteiger partial charge is 0.493 e. The SMILES string of the molecule is COc1cc(C2c3cccn3CCN2C(=O)Nc2ccccc2F)cc(OC)c1OC. The molecule has 1 unspecified atom stereocenters. The molecule has 0 radical (unpaired) electrons. The van der Waals surface area contributed by atoms with Crippen LogP contribution in [-0.4, -0.2) is 43.4 Å². The third kappa shape index (κ3) is 3.76. The van der Waals surface area contributed by atoms with Crippen LogP contribution in [0.5, 0.6) is 17.2 Å². The predicted octanol–water partition coefficient (Wildman–Crippen LogP) is 4.29. The van der Waals surface area contributed by atoms with Crippen molar-refractivity contribution in [2.24, 2.45) is 0 Å². The van der Waals surface area contributed by atoms with Gasteiger partial charge in [-0.15, -0.1) is 0 Å². The molecule has 7 nitrogen and oxygen atoms in total. The van der Waals surface area contributed by atoms with Crippen LogP contribution in [0.2, 0.25) is 0 Å². The summed E-state index contributed by atoms with van der Waals surface area (Å²) in [5, 5.41) is 2.70. The van der Waals surface area contributed by atoms with E-state index >= 15 is 0 Å². The molecule has 0 saturated heterocycles. The summed E-state index contributed by atoms with van der Waals surface area (Å²) in [5.74, 6) is 0.979. The third-order valence-corrected chi connectivity index (χ3v) is 5.42. The maximum atomic E-state index is 14.1. The monoisotopic (exact) mass is 425 g/mol. The van der Waals surface area contributed by atoms with Crippen LogP contribution in [0, 0.1) is 5.82 Å². The standard InChI is InChI=1S/C23H24FN3O4/c1-29-19-13-15(14-20(30-2)22(19)31-3)21-18-9-6-10-26(18)11-12-27(21)23(28)25-17-8-5-4-7-16(17)24/h4-10,13-14,21H,11-12H2,1-3H3,(H,25,28). The van der Waals surface area contributed by atoms with Gasteiger partial charge in [0.05, 0.1) is 33.1 Å². The fourth-order valence-electron chi connectivity index (χ4n) is 3.96. The second-order valence-electron chi connectivity index (χ2n) is 7.09. The third-order valence-electron chi connectivity index (χ3n) is 5.42. The highest BCUT2D eigenvalue weighted by Crippen LogP contribution is 2.43. The maximum absolute atomic E-state index is 14.1. The van der Waals surface area contributed by atoms with Gasteiger partial charge in [-0.3, -0.25) is 0 Å². The molecule has 4 rings (SSSR count). The number of fused-ring (bicyclic) bond motifs is 1. The Kier molecular flexibility index (Phi) is 5.70. The molecule has 0 saturated carbocycles. The number of hydrogen-bond donors (Lipinski definition) is 1. The van der Waals surface area contributed by atoms with Gasteiger partial charge >= 0.3 is 6.03 Å². The Morgan fingerprint density at radius 3 is 2.35 bits per heavy atom. The Bertz CT molecular complexity index is 1070. The van der Waals surface area contributed by atoms with E-state index in [2.05, 4.69) is 9.88 Å². The average Bonchev–Trinajstić information content (AvgIpc) is 3.27. The van der Waals surface area contributed by atoms with Crippen LogP contribution < -0.4 is 19.5 Å². The molecule has 1 aliphatic heterocycles. The van der Waals surface area contributed by atoms with Crippen LogP contribution in [-0.2, 0) is 6.54 Å². The van der Waals surface area contributed by atoms with Crippen molar-refractivity contribution in [3.05, 3.63) is 71.8 Å². The fraction of sp³-hybridized carbons (Fsp3) is 0.261. The van der Waals surface area contributed by atoms with Gasteiger partial charge in [-0.2, -0.15) is 0 Å². The van der Waals surface area contributed by atoms with Gasteiger partial charge in [0.25, 0.3) is 0 Å². The molecule has 1 N–H and O–H groups in total. The van der Waals surface area contributed by atoms with E-state index in [-0.39, 0.29) is 5.69 Å². The number of carbonyl (C=O) groups excluding carboxylic acids is 1. The Hall–Kier alpha value is -3.68. The highest BCUT2D eigenvalue weighted by Gasteiger charge is 2.34. The number of para-hydroxylation sites is 1.